The highest BCUT2D eigenvalue weighted by Crippen LogP contribution is 2.19. The lowest BCUT2D eigenvalue weighted by atomic mass is 10.4. The normalized spacial score (nSPS) is 11.2. The molecule has 0 heterocycles. The molecule has 0 spiro atoms. The van der Waals surface area contributed by atoms with Crippen molar-refractivity contribution >= 4 is 13.3 Å². The van der Waals surface area contributed by atoms with Crippen LogP contribution in [0.25, 0.3) is 0 Å². The molecule has 1 atom stereocenters. The number of hydrogen-bond donors (Lipinski definition) is 0. The maximum Gasteiger partial charge on any atom is 0.548 e. The van der Waals surface area contributed by atoms with Gasteiger partial charge in [0.2, 0.25) is 5.30 Å². The number of rotatable bonds is 3. The van der Waals surface area contributed by atoms with E-state index < -0.39 is 8.03 Å². The molecule has 1 aromatic carbocycles. The fraction of sp³-hybridized carbons (Fsp3) is 0.250. The van der Waals surface area contributed by atoms with Crippen LogP contribution in [-0.4, -0.2) is 6.61 Å². The third-order valence-corrected chi connectivity index (χ3v) is 2.43. The van der Waals surface area contributed by atoms with Gasteiger partial charge in [-0.25, -0.2) is 0 Å². The molecule has 0 saturated heterocycles. The van der Waals surface area contributed by atoms with Crippen molar-refractivity contribution in [2.45, 2.75) is 6.92 Å². The summed E-state index contributed by atoms with van der Waals surface area (Å²) in [4.78, 5) is 0. The quantitative estimate of drug-likeness (QED) is 0.647. The molecular formula is C8H10O2P+. The Labute approximate surface area is 67.1 Å². The van der Waals surface area contributed by atoms with Gasteiger partial charge in [-0.05, 0) is 23.6 Å². The molecule has 0 aliphatic carbocycles. The molecule has 2 nitrogen and oxygen atoms in total. The van der Waals surface area contributed by atoms with Crippen molar-refractivity contribution in [3.63, 3.8) is 0 Å². The third-order valence-electron chi connectivity index (χ3n) is 1.21. The molecule has 0 aliphatic rings. The first-order valence-electron chi connectivity index (χ1n) is 3.50. The van der Waals surface area contributed by atoms with Gasteiger partial charge in [-0.15, -0.1) is 4.52 Å². The molecular weight excluding hydrogens is 159 g/mol. The Morgan fingerprint density at radius 2 is 2.00 bits per heavy atom. The molecule has 0 aliphatic heterocycles. The van der Waals surface area contributed by atoms with E-state index in [1.165, 1.54) is 0 Å². The minimum atomic E-state index is -1.63. The molecule has 0 radical (unpaired) electrons. The molecule has 1 unspecified atom stereocenters. The van der Waals surface area contributed by atoms with Crippen molar-refractivity contribution in [3.8, 4) is 0 Å². The largest absolute Gasteiger partial charge is 0.548 e. The predicted molar refractivity (Wildman–Crippen MR) is 45.3 cm³/mol. The summed E-state index contributed by atoms with van der Waals surface area (Å²) in [6.07, 6.45) is 0. The van der Waals surface area contributed by atoms with Crippen LogP contribution in [0.4, 0.5) is 0 Å². The molecule has 0 bridgehead atoms. The fourth-order valence-electron chi connectivity index (χ4n) is 0.742. The molecule has 58 valence electrons. The van der Waals surface area contributed by atoms with E-state index in [-0.39, 0.29) is 0 Å². The highest BCUT2D eigenvalue weighted by Gasteiger charge is 2.19. The zero-order chi connectivity index (χ0) is 8.10. The van der Waals surface area contributed by atoms with E-state index in [9.17, 15) is 4.57 Å². The van der Waals surface area contributed by atoms with Crippen molar-refractivity contribution in [1.82, 2.24) is 0 Å². The van der Waals surface area contributed by atoms with E-state index in [2.05, 4.69) is 0 Å². The van der Waals surface area contributed by atoms with Gasteiger partial charge < -0.3 is 0 Å². The molecule has 3 heteroatoms. The summed E-state index contributed by atoms with van der Waals surface area (Å²) in [5.41, 5.74) is 0. The van der Waals surface area contributed by atoms with Gasteiger partial charge in [0.1, 0.15) is 6.61 Å². The van der Waals surface area contributed by atoms with Gasteiger partial charge in [-0.2, -0.15) is 0 Å². The topological polar surface area (TPSA) is 26.3 Å². The summed E-state index contributed by atoms with van der Waals surface area (Å²) in [5.74, 6) is 0. The first kappa shape index (κ1) is 8.38. The van der Waals surface area contributed by atoms with Crippen molar-refractivity contribution in [1.29, 1.82) is 0 Å². The maximum atomic E-state index is 11.2. The van der Waals surface area contributed by atoms with E-state index in [1.54, 1.807) is 12.1 Å². The van der Waals surface area contributed by atoms with Gasteiger partial charge in [0.15, 0.2) is 0 Å². The zero-order valence-corrected chi connectivity index (χ0v) is 7.25. The maximum absolute atomic E-state index is 11.2. The number of hydrogen-bond acceptors (Lipinski definition) is 2. The summed E-state index contributed by atoms with van der Waals surface area (Å²) in [6, 6.07) is 9.19. The highest BCUT2D eigenvalue weighted by molar-refractivity contribution is 7.48. The molecule has 0 saturated carbocycles. The van der Waals surface area contributed by atoms with Crippen molar-refractivity contribution in [3.05, 3.63) is 30.3 Å². The molecule has 0 amide bonds. The first-order valence-corrected chi connectivity index (χ1v) is 4.67. The lowest BCUT2D eigenvalue weighted by Crippen LogP contribution is -1.95. The summed E-state index contributed by atoms with van der Waals surface area (Å²) in [6.45, 7) is 2.32. The second-order valence-electron chi connectivity index (χ2n) is 2.01. The van der Waals surface area contributed by atoms with Crippen LogP contribution in [0.3, 0.4) is 0 Å². The van der Waals surface area contributed by atoms with Crippen LogP contribution in [0.2, 0.25) is 0 Å². The van der Waals surface area contributed by atoms with E-state index in [0.29, 0.717) is 6.61 Å². The summed E-state index contributed by atoms with van der Waals surface area (Å²) in [7, 11) is -1.63. The molecule has 11 heavy (non-hydrogen) atoms. The van der Waals surface area contributed by atoms with E-state index in [0.717, 1.165) is 5.30 Å². The average molecular weight is 169 g/mol. The molecule has 0 aromatic heterocycles. The third kappa shape index (κ3) is 2.41. The minimum Gasteiger partial charge on any atom is -0.142 e. The Hall–Kier alpha value is -0.720. The van der Waals surface area contributed by atoms with Gasteiger partial charge in [0.05, 0.1) is 0 Å². The summed E-state index contributed by atoms with van der Waals surface area (Å²) >= 11 is 0. The molecule has 0 N–H and O–H groups in total. The Morgan fingerprint density at radius 1 is 1.36 bits per heavy atom. The van der Waals surface area contributed by atoms with E-state index in [4.69, 9.17) is 4.52 Å². The summed E-state index contributed by atoms with van der Waals surface area (Å²) in [5, 5.41) is 0.754. The van der Waals surface area contributed by atoms with Crippen molar-refractivity contribution < 1.29 is 9.09 Å². The Kier molecular flexibility index (Phi) is 3.21. The predicted octanol–water partition coefficient (Wildman–Crippen LogP) is 2.09. The van der Waals surface area contributed by atoms with Crippen LogP contribution in [0.15, 0.2) is 30.3 Å². The Morgan fingerprint density at radius 3 is 2.55 bits per heavy atom. The molecule has 0 fully saturated rings. The fourth-order valence-corrected chi connectivity index (χ4v) is 1.54. The first-order chi connectivity index (χ1) is 5.34. The summed E-state index contributed by atoms with van der Waals surface area (Å²) < 4.78 is 16.1. The molecule has 1 aromatic rings. The van der Waals surface area contributed by atoms with Crippen molar-refractivity contribution in [2.75, 3.05) is 6.61 Å². The van der Waals surface area contributed by atoms with Crippen molar-refractivity contribution in [2.24, 2.45) is 0 Å². The van der Waals surface area contributed by atoms with Crippen LogP contribution < -0.4 is 5.30 Å². The van der Waals surface area contributed by atoms with Crippen LogP contribution in [-0.2, 0) is 9.09 Å². The second-order valence-corrected chi connectivity index (χ2v) is 3.30. The minimum absolute atomic E-state index is 0.490. The van der Waals surface area contributed by atoms with E-state index in [1.807, 2.05) is 25.1 Å². The van der Waals surface area contributed by atoms with Crippen LogP contribution in [0, 0.1) is 0 Å². The lowest BCUT2D eigenvalue weighted by molar-refractivity contribution is 0.357. The average Bonchev–Trinajstić information content (AvgIpc) is 2.07. The van der Waals surface area contributed by atoms with Gasteiger partial charge in [-0.1, -0.05) is 18.2 Å². The Bertz CT molecular complexity index is 233. The van der Waals surface area contributed by atoms with E-state index >= 15 is 0 Å². The van der Waals surface area contributed by atoms with Gasteiger partial charge >= 0.3 is 8.03 Å². The van der Waals surface area contributed by atoms with Gasteiger partial charge in [0.25, 0.3) is 0 Å². The second kappa shape index (κ2) is 4.22. The highest BCUT2D eigenvalue weighted by atomic mass is 31.1. The van der Waals surface area contributed by atoms with Gasteiger partial charge in [0, 0.05) is 0 Å². The molecule has 1 rings (SSSR count). The smallest absolute Gasteiger partial charge is 0.142 e. The standard InChI is InChI=1S/C8H10O2P/c1-2-10-11(9)8-6-4-3-5-7-8/h3-7H,2H2,1H3/q+1. The lowest BCUT2D eigenvalue weighted by Gasteiger charge is -1.83. The monoisotopic (exact) mass is 169 g/mol. The van der Waals surface area contributed by atoms with Crippen LogP contribution in [0.5, 0.6) is 0 Å². The van der Waals surface area contributed by atoms with Crippen LogP contribution in [0.1, 0.15) is 6.92 Å². The number of benzene rings is 1. The Balaban J connectivity index is 2.69. The van der Waals surface area contributed by atoms with Gasteiger partial charge in [-0.3, -0.25) is 0 Å². The SMILES string of the molecule is CCO[P+](=O)c1ccccc1. The zero-order valence-electron chi connectivity index (χ0n) is 6.36. The van der Waals surface area contributed by atoms with Crippen LogP contribution >= 0.6 is 8.03 Å².